The van der Waals surface area contributed by atoms with Crippen molar-refractivity contribution in [1.82, 2.24) is 25.1 Å². The molecule has 0 saturated heterocycles. The number of carboxylic acids is 1. The summed E-state index contributed by atoms with van der Waals surface area (Å²) in [4.78, 5) is 25.4. The first-order valence-electron chi connectivity index (χ1n) is 6.93. The Morgan fingerprint density at radius 3 is 2.64 bits per heavy atom. The fourth-order valence-corrected chi connectivity index (χ4v) is 1.96. The molecular weight excluding hydrogens is 286 g/mol. The fraction of sp³-hybridized carbons (Fsp3) is 0.357. The summed E-state index contributed by atoms with van der Waals surface area (Å²) in [6, 6.07) is 9.29. The van der Waals surface area contributed by atoms with E-state index in [0.717, 1.165) is 5.56 Å². The highest BCUT2D eigenvalue weighted by molar-refractivity contribution is 5.81. The maximum Gasteiger partial charge on any atom is 0.323 e. The molecule has 2 rings (SSSR count). The predicted molar refractivity (Wildman–Crippen MR) is 77.8 cm³/mol. The summed E-state index contributed by atoms with van der Waals surface area (Å²) >= 11 is 0. The van der Waals surface area contributed by atoms with Crippen LogP contribution < -0.4 is 0 Å². The molecule has 0 radical (unpaired) electrons. The molecule has 8 heteroatoms. The SMILES string of the molecule is CCCN(CC(=O)O)C(=O)Cn1nnc(-c2ccccc2)n1. The van der Waals surface area contributed by atoms with Gasteiger partial charge < -0.3 is 10.0 Å². The van der Waals surface area contributed by atoms with Crippen LogP contribution in [0.3, 0.4) is 0 Å². The van der Waals surface area contributed by atoms with Crippen LogP contribution in [-0.2, 0) is 16.1 Å². The van der Waals surface area contributed by atoms with Gasteiger partial charge in [-0.2, -0.15) is 4.80 Å². The van der Waals surface area contributed by atoms with Gasteiger partial charge in [0.25, 0.3) is 0 Å². The molecule has 116 valence electrons. The van der Waals surface area contributed by atoms with Crippen LogP contribution in [0.5, 0.6) is 0 Å². The van der Waals surface area contributed by atoms with Crippen LogP contribution in [0.4, 0.5) is 0 Å². The number of aliphatic carboxylic acids is 1. The lowest BCUT2D eigenvalue weighted by molar-refractivity contribution is -0.144. The molecular formula is C14H17N5O3. The summed E-state index contributed by atoms with van der Waals surface area (Å²) < 4.78 is 0. The number of rotatable bonds is 7. The first-order chi connectivity index (χ1) is 10.6. The van der Waals surface area contributed by atoms with E-state index in [4.69, 9.17) is 5.11 Å². The summed E-state index contributed by atoms with van der Waals surface area (Å²) in [5.74, 6) is -0.965. The van der Waals surface area contributed by atoms with E-state index in [0.29, 0.717) is 18.8 Å². The van der Waals surface area contributed by atoms with E-state index in [1.807, 2.05) is 37.3 Å². The quantitative estimate of drug-likeness (QED) is 0.806. The normalized spacial score (nSPS) is 10.4. The number of aromatic nitrogens is 4. The second-order valence-electron chi connectivity index (χ2n) is 4.72. The van der Waals surface area contributed by atoms with E-state index >= 15 is 0 Å². The first-order valence-corrected chi connectivity index (χ1v) is 6.93. The van der Waals surface area contributed by atoms with E-state index in [9.17, 15) is 9.59 Å². The van der Waals surface area contributed by atoms with Gasteiger partial charge in [0.15, 0.2) is 0 Å². The lowest BCUT2D eigenvalue weighted by Crippen LogP contribution is -2.38. The number of tetrazole rings is 1. The molecule has 0 saturated carbocycles. The molecule has 0 atom stereocenters. The molecule has 1 N–H and O–H groups in total. The minimum absolute atomic E-state index is 0.132. The highest BCUT2D eigenvalue weighted by atomic mass is 16.4. The average Bonchev–Trinajstić information content (AvgIpc) is 2.96. The van der Waals surface area contributed by atoms with Crippen molar-refractivity contribution in [3.8, 4) is 11.4 Å². The van der Waals surface area contributed by atoms with Crippen LogP contribution in [0.1, 0.15) is 13.3 Å². The number of nitrogens with zero attached hydrogens (tertiary/aromatic N) is 5. The van der Waals surface area contributed by atoms with Gasteiger partial charge in [-0.25, -0.2) is 0 Å². The van der Waals surface area contributed by atoms with E-state index in [2.05, 4.69) is 15.4 Å². The first kappa shape index (κ1) is 15.6. The zero-order valence-electron chi connectivity index (χ0n) is 12.2. The number of benzene rings is 1. The lowest BCUT2D eigenvalue weighted by atomic mass is 10.2. The predicted octanol–water partition coefficient (Wildman–Crippen LogP) is 0.663. The van der Waals surface area contributed by atoms with Crippen molar-refractivity contribution in [3.05, 3.63) is 30.3 Å². The van der Waals surface area contributed by atoms with Crippen molar-refractivity contribution in [2.75, 3.05) is 13.1 Å². The van der Waals surface area contributed by atoms with Crippen LogP contribution in [-0.4, -0.2) is 55.2 Å². The standard InChI is InChI=1S/C14H17N5O3/c1-2-8-18(10-13(21)22)12(20)9-19-16-14(15-17-19)11-6-4-3-5-7-11/h3-7H,2,8-10H2,1H3,(H,21,22). The van der Waals surface area contributed by atoms with E-state index in [-0.39, 0.29) is 19.0 Å². The summed E-state index contributed by atoms with van der Waals surface area (Å²) in [7, 11) is 0. The van der Waals surface area contributed by atoms with Crippen molar-refractivity contribution >= 4 is 11.9 Å². The highest BCUT2D eigenvalue weighted by Crippen LogP contribution is 2.11. The molecule has 0 bridgehead atoms. The minimum Gasteiger partial charge on any atom is -0.480 e. The molecule has 0 aliphatic heterocycles. The largest absolute Gasteiger partial charge is 0.480 e. The second-order valence-corrected chi connectivity index (χ2v) is 4.72. The van der Waals surface area contributed by atoms with Crippen LogP contribution in [0.15, 0.2) is 30.3 Å². The summed E-state index contributed by atoms with van der Waals surface area (Å²) in [6.45, 7) is 1.80. The van der Waals surface area contributed by atoms with Crippen LogP contribution in [0.25, 0.3) is 11.4 Å². The Labute approximate surface area is 127 Å². The Morgan fingerprint density at radius 2 is 2.00 bits per heavy atom. The van der Waals surface area contributed by atoms with Gasteiger partial charge in [0, 0.05) is 12.1 Å². The number of carboxylic acid groups (broad SMARTS) is 1. The molecule has 0 spiro atoms. The molecule has 0 fully saturated rings. The Morgan fingerprint density at radius 1 is 1.27 bits per heavy atom. The van der Waals surface area contributed by atoms with Gasteiger partial charge in [0.05, 0.1) is 0 Å². The van der Waals surface area contributed by atoms with Crippen molar-refractivity contribution in [3.63, 3.8) is 0 Å². The zero-order chi connectivity index (χ0) is 15.9. The monoisotopic (exact) mass is 303 g/mol. The van der Waals surface area contributed by atoms with Crippen molar-refractivity contribution in [2.45, 2.75) is 19.9 Å². The maximum absolute atomic E-state index is 12.1. The highest BCUT2D eigenvalue weighted by Gasteiger charge is 2.17. The third-order valence-corrected chi connectivity index (χ3v) is 2.93. The van der Waals surface area contributed by atoms with Crippen LogP contribution in [0.2, 0.25) is 0 Å². The second kappa shape index (κ2) is 7.30. The summed E-state index contributed by atoms with van der Waals surface area (Å²) in [6.07, 6.45) is 0.680. The lowest BCUT2D eigenvalue weighted by Gasteiger charge is -2.19. The molecule has 0 aliphatic rings. The Hall–Kier alpha value is -2.77. The van der Waals surface area contributed by atoms with Gasteiger partial charge in [-0.3, -0.25) is 9.59 Å². The Balaban J connectivity index is 2.05. The third kappa shape index (κ3) is 4.11. The zero-order valence-corrected chi connectivity index (χ0v) is 12.2. The molecule has 0 aliphatic carbocycles. The van der Waals surface area contributed by atoms with Crippen LogP contribution in [0, 0.1) is 0 Å². The van der Waals surface area contributed by atoms with Gasteiger partial charge in [-0.05, 0) is 11.6 Å². The summed E-state index contributed by atoms with van der Waals surface area (Å²) in [5.41, 5.74) is 0.803. The van der Waals surface area contributed by atoms with E-state index in [1.165, 1.54) is 9.70 Å². The number of carbonyl (C=O) groups is 2. The molecule has 1 heterocycles. The minimum atomic E-state index is -1.04. The third-order valence-electron chi connectivity index (χ3n) is 2.93. The van der Waals surface area contributed by atoms with E-state index in [1.54, 1.807) is 0 Å². The van der Waals surface area contributed by atoms with E-state index < -0.39 is 5.97 Å². The maximum atomic E-state index is 12.1. The van der Waals surface area contributed by atoms with Crippen molar-refractivity contribution < 1.29 is 14.7 Å². The van der Waals surface area contributed by atoms with Gasteiger partial charge in [-0.15, -0.1) is 10.2 Å². The number of hydrogen-bond donors (Lipinski definition) is 1. The topological polar surface area (TPSA) is 101 Å². The molecule has 0 unspecified atom stereocenters. The molecule has 2 aromatic rings. The number of amides is 1. The molecule has 1 amide bonds. The Bertz CT molecular complexity index is 641. The van der Waals surface area contributed by atoms with Gasteiger partial charge in [-0.1, -0.05) is 37.3 Å². The van der Waals surface area contributed by atoms with Crippen LogP contribution >= 0.6 is 0 Å². The smallest absolute Gasteiger partial charge is 0.323 e. The molecule has 1 aromatic heterocycles. The number of carbonyl (C=O) groups excluding carboxylic acids is 1. The van der Waals surface area contributed by atoms with Gasteiger partial charge in [0.1, 0.15) is 13.1 Å². The molecule has 22 heavy (non-hydrogen) atoms. The van der Waals surface area contributed by atoms with Gasteiger partial charge in [0.2, 0.25) is 11.7 Å². The Kier molecular flexibility index (Phi) is 5.18. The average molecular weight is 303 g/mol. The van der Waals surface area contributed by atoms with Crippen molar-refractivity contribution in [1.29, 1.82) is 0 Å². The van der Waals surface area contributed by atoms with Gasteiger partial charge >= 0.3 is 5.97 Å². The summed E-state index contributed by atoms with van der Waals surface area (Å²) in [5, 5.41) is 20.7. The number of hydrogen-bond acceptors (Lipinski definition) is 5. The molecule has 1 aromatic carbocycles. The molecule has 8 nitrogen and oxygen atoms in total. The fourth-order valence-electron chi connectivity index (χ4n) is 1.96. The van der Waals surface area contributed by atoms with Crippen molar-refractivity contribution in [2.24, 2.45) is 0 Å².